The standard InChI is InChI=1S/C11H15Cl2NO2S/c1-8(7-17(2,15)16)14-6-9-3-4-10(12)5-11(9)13/h3-5,8,14H,6-7H2,1-2H3. The van der Waals surface area contributed by atoms with E-state index in [0.29, 0.717) is 16.6 Å². The van der Waals surface area contributed by atoms with Crippen LogP contribution in [0.15, 0.2) is 18.2 Å². The second kappa shape index (κ2) is 6.05. The average molecular weight is 296 g/mol. The van der Waals surface area contributed by atoms with Gasteiger partial charge < -0.3 is 5.32 Å². The predicted octanol–water partition coefficient (Wildman–Crippen LogP) is 2.52. The molecule has 17 heavy (non-hydrogen) atoms. The monoisotopic (exact) mass is 295 g/mol. The van der Waals surface area contributed by atoms with Crippen LogP contribution in [-0.2, 0) is 16.4 Å². The minimum absolute atomic E-state index is 0.109. The van der Waals surface area contributed by atoms with Crippen molar-refractivity contribution in [3.05, 3.63) is 33.8 Å². The van der Waals surface area contributed by atoms with Crippen molar-refractivity contribution in [2.45, 2.75) is 19.5 Å². The van der Waals surface area contributed by atoms with Gasteiger partial charge in [0.15, 0.2) is 0 Å². The number of nitrogens with one attached hydrogen (secondary N) is 1. The van der Waals surface area contributed by atoms with E-state index >= 15 is 0 Å². The molecule has 3 nitrogen and oxygen atoms in total. The Morgan fingerprint density at radius 3 is 2.53 bits per heavy atom. The summed E-state index contributed by atoms with van der Waals surface area (Å²) in [5, 5.41) is 4.28. The highest BCUT2D eigenvalue weighted by molar-refractivity contribution is 7.90. The highest BCUT2D eigenvalue weighted by Gasteiger charge is 2.10. The summed E-state index contributed by atoms with van der Waals surface area (Å²) in [6.07, 6.45) is 1.22. The van der Waals surface area contributed by atoms with E-state index in [4.69, 9.17) is 23.2 Å². The SMILES string of the molecule is CC(CS(C)(=O)=O)NCc1ccc(Cl)cc1Cl. The summed E-state index contributed by atoms with van der Waals surface area (Å²) < 4.78 is 22.2. The smallest absolute Gasteiger partial charge is 0.148 e. The van der Waals surface area contributed by atoms with Gasteiger partial charge in [-0.15, -0.1) is 0 Å². The molecule has 96 valence electrons. The lowest BCUT2D eigenvalue weighted by Gasteiger charge is -2.13. The van der Waals surface area contributed by atoms with E-state index in [0.717, 1.165) is 5.56 Å². The molecule has 0 aliphatic heterocycles. The van der Waals surface area contributed by atoms with E-state index in [1.54, 1.807) is 12.1 Å². The average Bonchev–Trinajstić information content (AvgIpc) is 2.13. The fraction of sp³-hybridized carbons (Fsp3) is 0.455. The van der Waals surface area contributed by atoms with Crippen molar-refractivity contribution in [1.82, 2.24) is 5.32 Å². The summed E-state index contributed by atoms with van der Waals surface area (Å²) in [6.45, 7) is 2.34. The fourth-order valence-corrected chi connectivity index (χ4v) is 2.96. The van der Waals surface area contributed by atoms with Gasteiger partial charge in [0.2, 0.25) is 0 Å². The normalized spacial score (nSPS) is 13.6. The second-order valence-corrected chi connectivity index (χ2v) is 7.14. The van der Waals surface area contributed by atoms with Gasteiger partial charge in [0.05, 0.1) is 5.75 Å². The molecule has 0 bridgehead atoms. The molecule has 0 heterocycles. The Kier molecular flexibility index (Phi) is 5.25. The molecule has 0 spiro atoms. The Morgan fingerprint density at radius 2 is 2.00 bits per heavy atom. The molecule has 0 amide bonds. The summed E-state index contributed by atoms with van der Waals surface area (Å²) in [6, 6.07) is 5.13. The number of hydrogen-bond donors (Lipinski definition) is 1. The first-order valence-electron chi connectivity index (χ1n) is 5.13. The first kappa shape index (κ1) is 14.8. The van der Waals surface area contributed by atoms with Crippen molar-refractivity contribution in [3.8, 4) is 0 Å². The molecule has 1 N–H and O–H groups in total. The van der Waals surface area contributed by atoms with Gasteiger partial charge in [0.1, 0.15) is 9.84 Å². The fourth-order valence-electron chi connectivity index (χ4n) is 1.46. The second-order valence-electron chi connectivity index (χ2n) is 4.11. The highest BCUT2D eigenvalue weighted by Crippen LogP contribution is 2.20. The Hall–Kier alpha value is -0.290. The van der Waals surface area contributed by atoms with Crippen molar-refractivity contribution < 1.29 is 8.42 Å². The number of benzene rings is 1. The molecule has 1 aromatic carbocycles. The minimum Gasteiger partial charge on any atom is -0.309 e. The molecular weight excluding hydrogens is 281 g/mol. The third kappa shape index (κ3) is 5.73. The van der Waals surface area contributed by atoms with Crippen LogP contribution in [0.5, 0.6) is 0 Å². The maximum Gasteiger partial charge on any atom is 0.148 e. The molecule has 1 unspecified atom stereocenters. The van der Waals surface area contributed by atoms with Crippen molar-refractivity contribution in [2.24, 2.45) is 0 Å². The van der Waals surface area contributed by atoms with E-state index in [1.807, 2.05) is 13.0 Å². The van der Waals surface area contributed by atoms with Crippen molar-refractivity contribution >= 4 is 33.0 Å². The van der Waals surface area contributed by atoms with Gasteiger partial charge in [0, 0.05) is 28.9 Å². The van der Waals surface area contributed by atoms with Gasteiger partial charge in [-0.05, 0) is 24.6 Å². The molecule has 0 saturated heterocycles. The van der Waals surface area contributed by atoms with Gasteiger partial charge in [-0.2, -0.15) is 0 Å². The Morgan fingerprint density at radius 1 is 1.35 bits per heavy atom. The van der Waals surface area contributed by atoms with Crippen molar-refractivity contribution in [1.29, 1.82) is 0 Å². The predicted molar refractivity (Wildman–Crippen MR) is 72.5 cm³/mol. The molecule has 0 aliphatic rings. The van der Waals surface area contributed by atoms with E-state index in [2.05, 4.69) is 5.32 Å². The first-order valence-corrected chi connectivity index (χ1v) is 7.94. The van der Waals surface area contributed by atoms with Crippen LogP contribution in [0.4, 0.5) is 0 Å². The lowest BCUT2D eigenvalue weighted by atomic mass is 10.2. The Labute approximate surface area is 112 Å². The minimum atomic E-state index is -2.96. The molecule has 1 atom stereocenters. The van der Waals surface area contributed by atoms with E-state index in [1.165, 1.54) is 6.26 Å². The zero-order valence-electron chi connectivity index (χ0n) is 9.70. The van der Waals surface area contributed by atoms with Crippen LogP contribution < -0.4 is 5.32 Å². The summed E-state index contributed by atoms with van der Waals surface area (Å²) in [4.78, 5) is 0. The van der Waals surface area contributed by atoms with Crippen LogP contribution in [0, 0.1) is 0 Å². The zero-order chi connectivity index (χ0) is 13.1. The van der Waals surface area contributed by atoms with Crippen molar-refractivity contribution in [3.63, 3.8) is 0 Å². The summed E-state index contributed by atoms with van der Waals surface area (Å²) in [7, 11) is -2.96. The molecule has 6 heteroatoms. The highest BCUT2D eigenvalue weighted by atomic mass is 35.5. The number of hydrogen-bond acceptors (Lipinski definition) is 3. The van der Waals surface area contributed by atoms with E-state index in [9.17, 15) is 8.42 Å². The topological polar surface area (TPSA) is 46.2 Å². The van der Waals surface area contributed by atoms with Crippen molar-refractivity contribution in [2.75, 3.05) is 12.0 Å². The first-order chi connectivity index (χ1) is 7.78. The Balaban J connectivity index is 2.56. The summed E-state index contributed by atoms with van der Waals surface area (Å²) >= 11 is 11.8. The van der Waals surface area contributed by atoms with Gasteiger partial charge in [-0.3, -0.25) is 0 Å². The van der Waals surface area contributed by atoms with Crippen LogP contribution >= 0.6 is 23.2 Å². The summed E-state index contributed by atoms with van der Waals surface area (Å²) in [5.74, 6) is 0.109. The maximum atomic E-state index is 11.1. The van der Waals surface area contributed by atoms with Gasteiger partial charge in [0.25, 0.3) is 0 Å². The lowest BCUT2D eigenvalue weighted by Crippen LogP contribution is -2.32. The number of rotatable bonds is 5. The molecule has 0 fully saturated rings. The van der Waals surface area contributed by atoms with Gasteiger partial charge in [-0.1, -0.05) is 29.3 Å². The van der Waals surface area contributed by atoms with E-state index in [-0.39, 0.29) is 11.8 Å². The number of halogens is 2. The molecule has 0 saturated carbocycles. The lowest BCUT2D eigenvalue weighted by molar-refractivity contribution is 0.560. The molecule has 1 rings (SSSR count). The van der Waals surface area contributed by atoms with Crippen LogP contribution in [0.25, 0.3) is 0 Å². The largest absolute Gasteiger partial charge is 0.309 e. The zero-order valence-corrected chi connectivity index (χ0v) is 12.0. The quantitative estimate of drug-likeness (QED) is 0.908. The van der Waals surface area contributed by atoms with Crippen LogP contribution in [-0.4, -0.2) is 26.5 Å². The molecular formula is C11H15Cl2NO2S. The molecule has 1 aromatic rings. The van der Waals surface area contributed by atoms with Gasteiger partial charge in [-0.25, -0.2) is 8.42 Å². The van der Waals surface area contributed by atoms with E-state index < -0.39 is 9.84 Å². The van der Waals surface area contributed by atoms with Crippen LogP contribution in [0.1, 0.15) is 12.5 Å². The van der Waals surface area contributed by atoms with Gasteiger partial charge >= 0.3 is 0 Å². The Bertz CT molecular complexity index is 488. The third-order valence-electron chi connectivity index (χ3n) is 2.21. The summed E-state index contributed by atoms with van der Waals surface area (Å²) in [5.41, 5.74) is 0.899. The maximum absolute atomic E-state index is 11.1. The molecule has 0 radical (unpaired) electrons. The molecule has 0 aliphatic carbocycles. The molecule has 0 aromatic heterocycles. The number of sulfone groups is 1. The van der Waals surface area contributed by atoms with Crippen LogP contribution in [0.2, 0.25) is 10.0 Å². The third-order valence-corrected chi connectivity index (χ3v) is 3.90. The van der Waals surface area contributed by atoms with Crippen LogP contribution in [0.3, 0.4) is 0 Å².